The highest BCUT2D eigenvalue weighted by Gasteiger charge is 2.25. The van der Waals surface area contributed by atoms with Crippen molar-refractivity contribution in [1.82, 2.24) is 19.7 Å². The first-order valence-corrected chi connectivity index (χ1v) is 10.7. The first-order chi connectivity index (χ1) is 15.5. The van der Waals surface area contributed by atoms with Gasteiger partial charge in [0.2, 0.25) is 0 Å². The zero-order chi connectivity index (χ0) is 22.7. The molecular weight excluding hydrogens is 404 g/mol. The van der Waals surface area contributed by atoms with Crippen LogP contribution in [0.2, 0.25) is 0 Å². The number of aromatic amines is 1. The maximum Gasteiger partial charge on any atom is 0.354 e. The van der Waals surface area contributed by atoms with Gasteiger partial charge in [0.05, 0.1) is 11.8 Å². The van der Waals surface area contributed by atoms with E-state index in [0.29, 0.717) is 18.8 Å². The van der Waals surface area contributed by atoms with E-state index in [-0.39, 0.29) is 11.4 Å². The van der Waals surface area contributed by atoms with E-state index in [1.54, 1.807) is 17.7 Å². The van der Waals surface area contributed by atoms with E-state index in [1.165, 1.54) is 0 Å². The summed E-state index contributed by atoms with van der Waals surface area (Å²) in [5.41, 5.74) is 5.38. The standard InChI is InChI=1S/C25H26N4O3/c1-3-6-22-27-23(16(2)30)24(25(31)32)29(22)15-17-9-11-18(12-10-17)19-7-4-5-8-20(19)21-13-14-26-28-21/h4-5,7-14,16,30H,3,6,15H2,1-2H3,(H,26,28)(H,31,32). The van der Waals surface area contributed by atoms with Crippen molar-refractivity contribution in [3.05, 3.63) is 83.6 Å². The van der Waals surface area contributed by atoms with Gasteiger partial charge in [0.25, 0.3) is 0 Å². The van der Waals surface area contributed by atoms with Crippen LogP contribution in [-0.2, 0) is 13.0 Å². The van der Waals surface area contributed by atoms with Crippen LogP contribution in [0.1, 0.15) is 53.9 Å². The predicted molar refractivity (Wildman–Crippen MR) is 122 cm³/mol. The topological polar surface area (TPSA) is 104 Å². The molecule has 1 unspecified atom stereocenters. The van der Waals surface area contributed by atoms with Crippen LogP contribution in [0.25, 0.3) is 22.4 Å². The maximum atomic E-state index is 12.0. The summed E-state index contributed by atoms with van der Waals surface area (Å²) in [7, 11) is 0. The summed E-state index contributed by atoms with van der Waals surface area (Å²) >= 11 is 0. The van der Waals surface area contributed by atoms with Gasteiger partial charge in [-0.2, -0.15) is 5.10 Å². The van der Waals surface area contributed by atoms with Gasteiger partial charge in [0, 0.05) is 24.7 Å². The molecule has 0 fully saturated rings. The quantitative estimate of drug-likeness (QED) is 0.376. The monoisotopic (exact) mass is 430 g/mol. The highest BCUT2D eigenvalue weighted by atomic mass is 16.4. The van der Waals surface area contributed by atoms with Crippen molar-refractivity contribution < 1.29 is 15.0 Å². The number of carbonyl (C=O) groups is 1. The molecule has 2 aromatic carbocycles. The highest BCUT2D eigenvalue weighted by molar-refractivity contribution is 5.87. The van der Waals surface area contributed by atoms with Gasteiger partial charge >= 0.3 is 5.97 Å². The molecule has 0 saturated carbocycles. The lowest BCUT2D eigenvalue weighted by Crippen LogP contribution is -2.14. The number of nitrogens with one attached hydrogen (secondary N) is 1. The number of aliphatic hydroxyl groups excluding tert-OH is 1. The number of aryl methyl sites for hydroxylation is 1. The number of nitrogens with zero attached hydrogens (tertiary/aromatic N) is 3. The molecule has 0 aliphatic heterocycles. The van der Waals surface area contributed by atoms with Gasteiger partial charge in [0.15, 0.2) is 5.69 Å². The van der Waals surface area contributed by atoms with Crippen LogP contribution in [0.15, 0.2) is 60.8 Å². The van der Waals surface area contributed by atoms with Crippen molar-refractivity contribution in [3.8, 4) is 22.4 Å². The molecule has 2 aromatic heterocycles. The minimum atomic E-state index is -1.08. The zero-order valence-electron chi connectivity index (χ0n) is 18.1. The van der Waals surface area contributed by atoms with Gasteiger partial charge in [-0.05, 0) is 36.1 Å². The number of imidazole rings is 1. The molecule has 0 aliphatic carbocycles. The molecule has 32 heavy (non-hydrogen) atoms. The number of rotatable bonds is 8. The average Bonchev–Trinajstić information content (AvgIpc) is 3.44. The molecular formula is C25H26N4O3. The Balaban J connectivity index is 1.68. The molecule has 4 rings (SSSR count). The summed E-state index contributed by atoms with van der Waals surface area (Å²) in [5, 5.41) is 26.9. The molecule has 7 nitrogen and oxygen atoms in total. The lowest BCUT2D eigenvalue weighted by molar-refractivity contribution is 0.0677. The Bertz CT molecular complexity index is 1210. The second-order valence-electron chi connectivity index (χ2n) is 7.79. The first-order valence-electron chi connectivity index (χ1n) is 10.7. The molecule has 0 radical (unpaired) electrons. The average molecular weight is 431 g/mol. The number of carboxylic acid groups (broad SMARTS) is 1. The molecule has 3 N–H and O–H groups in total. The van der Waals surface area contributed by atoms with Gasteiger partial charge in [-0.25, -0.2) is 9.78 Å². The van der Waals surface area contributed by atoms with Gasteiger partial charge < -0.3 is 14.8 Å². The van der Waals surface area contributed by atoms with Gasteiger partial charge in [-0.15, -0.1) is 0 Å². The van der Waals surface area contributed by atoms with Gasteiger partial charge in [-0.1, -0.05) is 55.5 Å². The normalized spacial score (nSPS) is 12.1. The van der Waals surface area contributed by atoms with Crippen LogP contribution in [0.3, 0.4) is 0 Å². The Labute approximate surface area is 186 Å². The minimum Gasteiger partial charge on any atom is -0.477 e. The third-order valence-electron chi connectivity index (χ3n) is 5.47. The van der Waals surface area contributed by atoms with Crippen molar-refractivity contribution in [2.45, 2.75) is 39.3 Å². The maximum absolute atomic E-state index is 12.0. The molecule has 2 heterocycles. The second-order valence-corrected chi connectivity index (χ2v) is 7.79. The SMILES string of the molecule is CCCc1nc(C(C)O)c(C(=O)O)n1Cc1ccc(-c2ccccc2-c2ccn[nH]2)cc1. The summed E-state index contributed by atoms with van der Waals surface area (Å²) in [5.74, 6) is -0.407. The second kappa shape index (κ2) is 9.20. The largest absolute Gasteiger partial charge is 0.477 e. The van der Waals surface area contributed by atoms with Crippen molar-refractivity contribution in [1.29, 1.82) is 0 Å². The number of H-pyrrole nitrogens is 1. The lowest BCUT2D eigenvalue weighted by Gasteiger charge is -2.12. The van der Waals surface area contributed by atoms with Crippen LogP contribution in [0.4, 0.5) is 0 Å². The predicted octanol–water partition coefficient (Wildman–Crippen LogP) is 4.69. The van der Waals surface area contributed by atoms with E-state index in [2.05, 4.69) is 27.3 Å². The zero-order valence-corrected chi connectivity index (χ0v) is 18.1. The van der Waals surface area contributed by atoms with E-state index in [9.17, 15) is 15.0 Å². The van der Waals surface area contributed by atoms with E-state index < -0.39 is 12.1 Å². The third kappa shape index (κ3) is 4.20. The van der Waals surface area contributed by atoms with Crippen molar-refractivity contribution >= 4 is 5.97 Å². The number of carboxylic acids is 1. The fourth-order valence-corrected chi connectivity index (χ4v) is 3.97. The molecule has 164 valence electrons. The number of aromatic nitrogens is 4. The Morgan fingerprint density at radius 3 is 2.41 bits per heavy atom. The Morgan fingerprint density at radius 1 is 1.09 bits per heavy atom. The number of benzene rings is 2. The van der Waals surface area contributed by atoms with Crippen LogP contribution >= 0.6 is 0 Å². The van der Waals surface area contributed by atoms with Crippen molar-refractivity contribution in [2.75, 3.05) is 0 Å². The molecule has 1 atom stereocenters. The molecule has 4 aromatic rings. The van der Waals surface area contributed by atoms with Crippen LogP contribution in [0, 0.1) is 0 Å². The van der Waals surface area contributed by atoms with Gasteiger partial charge in [-0.3, -0.25) is 5.10 Å². The molecule has 0 saturated heterocycles. The molecule has 7 heteroatoms. The number of hydrogen-bond donors (Lipinski definition) is 3. The lowest BCUT2D eigenvalue weighted by atomic mass is 9.97. The smallest absolute Gasteiger partial charge is 0.354 e. The first kappa shape index (κ1) is 21.5. The fourth-order valence-electron chi connectivity index (χ4n) is 3.97. The summed E-state index contributed by atoms with van der Waals surface area (Å²) in [6.45, 7) is 3.94. The Kier molecular flexibility index (Phi) is 6.18. The number of aliphatic hydroxyl groups is 1. The summed E-state index contributed by atoms with van der Waals surface area (Å²) in [4.78, 5) is 16.4. The van der Waals surface area contributed by atoms with Crippen molar-refractivity contribution in [3.63, 3.8) is 0 Å². The Hall–Kier alpha value is -3.71. The molecule has 0 aliphatic rings. The van der Waals surface area contributed by atoms with E-state index in [0.717, 1.165) is 34.4 Å². The highest BCUT2D eigenvalue weighted by Crippen LogP contribution is 2.31. The summed E-state index contributed by atoms with van der Waals surface area (Å²) in [6, 6.07) is 18.1. The molecule has 0 amide bonds. The summed E-state index contributed by atoms with van der Waals surface area (Å²) in [6.07, 6.45) is 2.26. The molecule has 0 spiro atoms. The minimum absolute atomic E-state index is 0.0529. The summed E-state index contributed by atoms with van der Waals surface area (Å²) < 4.78 is 1.71. The van der Waals surface area contributed by atoms with Crippen LogP contribution in [-0.4, -0.2) is 35.9 Å². The third-order valence-corrected chi connectivity index (χ3v) is 5.47. The van der Waals surface area contributed by atoms with E-state index in [4.69, 9.17) is 0 Å². The Morgan fingerprint density at radius 2 is 1.81 bits per heavy atom. The molecule has 0 bridgehead atoms. The van der Waals surface area contributed by atoms with Crippen LogP contribution in [0.5, 0.6) is 0 Å². The van der Waals surface area contributed by atoms with Gasteiger partial charge in [0.1, 0.15) is 11.5 Å². The van der Waals surface area contributed by atoms with E-state index >= 15 is 0 Å². The van der Waals surface area contributed by atoms with E-state index in [1.807, 2.05) is 49.4 Å². The fraction of sp³-hybridized carbons (Fsp3) is 0.240. The number of hydrogen-bond acceptors (Lipinski definition) is 4. The van der Waals surface area contributed by atoms with Crippen molar-refractivity contribution in [2.24, 2.45) is 0 Å². The number of aromatic carboxylic acids is 1. The van der Waals surface area contributed by atoms with Crippen LogP contribution < -0.4 is 0 Å².